The second-order valence-corrected chi connectivity index (χ2v) is 14.9. The van der Waals surface area contributed by atoms with Gasteiger partial charge in [0.1, 0.15) is 0 Å². The number of benzene rings is 8. The van der Waals surface area contributed by atoms with E-state index in [4.69, 9.17) is 4.99 Å². The molecule has 0 spiro atoms. The van der Waals surface area contributed by atoms with E-state index in [1.165, 1.54) is 104 Å². The first-order valence-corrected chi connectivity index (χ1v) is 19.1. The summed E-state index contributed by atoms with van der Waals surface area (Å²) < 4.78 is 4.93. The molecular weight excluding hydrogens is 669 g/mol. The van der Waals surface area contributed by atoms with Gasteiger partial charge < -0.3 is 9.13 Å². The van der Waals surface area contributed by atoms with Crippen molar-refractivity contribution in [3.8, 4) is 22.5 Å². The summed E-state index contributed by atoms with van der Waals surface area (Å²) in [4.78, 5) is 9.60. The Labute approximate surface area is 317 Å². The van der Waals surface area contributed by atoms with Gasteiger partial charge in [0, 0.05) is 50.1 Å². The van der Waals surface area contributed by atoms with E-state index in [0.29, 0.717) is 0 Å². The van der Waals surface area contributed by atoms with Gasteiger partial charge in [-0.2, -0.15) is 0 Å². The summed E-state index contributed by atoms with van der Waals surface area (Å²) in [6, 6.07) is 56.0. The minimum absolute atomic E-state index is 0.255. The van der Waals surface area contributed by atoms with Gasteiger partial charge in [-0.15, -0.1) is 0 Å². The maximum atomic E-state index is 4.96. The Balaban J connectivity index is 1.26. The number of hydrogen-bond donors (Lipinski definition) is 0. The Morgan fingerprint density at radius 2 is 0.855 bits per heavy atom. The number of hydrogen-bond acceptors (Lipinski definition) is 2. The monoisotopic (exact) mass is 702 g/mol. The van der Waals surface area contributed by atoms with Crippen molar-refractivity contribution in [1.82, 2.24) is 14.1 Å². The first-order valence-electron chi connectivity index (χ1n) is 19.1. The van der Waals surface area contributed by atoms with E-state index in [9.17, 15) is 0 Å². The summed E-state index contributed by atoms with van der Waals surface area (Å²) in [6.45, 7) is 2.21. The third kappa shape index (κ3) is 4.17. The Hall–Kier alpha value is -7.04. The zero-order valence-electron chi connectivity index (χ0n) is 30.2. The molecule has 0 amide bonds. The average molecular weight is 703 g/mol. The van der Waals surface area contributed by atoms with Crippen LogP contribution in [0.15, 0.2) is 169 Å². The first kappa shape index (κ1) is 30.4. The third-order valence-electron chi connectivity index (χ3n) is 12.0. The molecule has 12 rings (SSSR count). The lowest BCUT2D eigenvalue weighted by atomic mass is 9.84. The molecule has 0 saturated carbocycles. The minimum atomic E-state index is 0.255. The standard InChI is InChI=1S/C51H34N4/c1-31-28-43-33-15-11-13-25-45(33)55(47(43)30-53-31)51-41-22-8-4-18-37(41)49(38-19-5-9-23-42(38)51)48-35-16-2-6-20-39(35)50(40-21-7-3-17-36(40)48)54-44-24-12-10-14-32(44)34-26-27-52-29-46(34)54/h2-27,29-31H,28H2,1H3. The van der Waals surface area contributed by atoms with E-state index in [1.807, 2.05) is 12.4 Å². The van der Waals surface area contributed by atoms with Crippen LogP contribution in [0.5, 0.6) is 0 Å². The quantitative estimate of drug-likeness (QED) is 0.169. The molecule has 3 aromatic heterocycles. The van der Waals surface area contributed by atoms with Crippen LogP contribution in [0.3, 0.4) is 0 Å². The number of para-hydroxylation sites is 2. The Morgan fingerprint density at radius 3 is 1.40 bits per heavy atom. The lowest BCUT2D eigenvalue weighted by Crippen LogP contribution is -2.13. The van der Waals surface area contributed by atoms with Gasteiger partial charge in [0.05, 0.1) is 45.9 Å². The second-order valence-electron chi connectivity index (χ2n) is 14.9. The molecular formula is C51H34N4. The predicted octanol–water partition coefficient (Wildman–Crippen LogP) is 12.8. The molecule has 0 bridgehead atoms. The van der Waals surface area contributed by atoms with Crippen LogP contribution in [0.1, 0.15) is 18.2 Å². The van der Waals surface area contributed by atoms with E-state index in [2.05, 4.69) is 179 Å². The number of rotatable bonds is 3. The molecule has 1 unspecified atom stereocenters. The predicted molar refractivity (Wildman–Crippen MR) is 232 cm³/mol. The Kier molecular flexibility index (Phi) is 6.35. The summed E-state index contributed by atoms with van der Waals surface area (Å²) in [7, 11) is 0. The maximum absolute atomic E-state index is 4.96. The molecule has 0 N–H and O–H groups in total. The van der Waals surface area contributed by atoms with Crippen molar-refractivity contribution < 1.29 is 0 Å². The Bertz CT molecular complexity index is 3270. The van der Waals surface area contributed by atoms with E-state index in [1.54, 1.807) is 0 Å². The largest absolute Gasteiger partial charge is 0.307 e. The molecule has 4 nitrogen and oxygen atoms in total. The van der Waals surface area contributed by atoms with E-state index >= 15 is 0 Å². The molecule has 258 valence electrons. The molecule has 11 aromatic rings. The summed E-state index contributed by atoms with van der Waals surface area (Å²) in [6.07, 6.45) is 6.96. The Morgan fingerprint density at radius 1 is 0.436 bits per heavy atom. The molecule has 55 heavy (non-hydrogen) atoms. The highest BCUT2D eigenvalue weighted by Crippen LogP contribution is 2.49. The zero-order valence-corrected chi connectivity index (χ0v) is 30.2. The average Bonchev–Trinajstić information content (AvgIpc) is 3.74. The van der Waals surface area contributed by atoms with Crippen molar-refractivity contribution in [2.45, 2.75) is 19.4 Å². The van der Waals surface area contributed by atoms with Crippen LogP contribution < -0.4 is 0 Å². The third-order valence-corrected chi connectivity index (χ3v) is 12.0. The number of fused-ring (bicyclic) bond motifs is 10. The maximum Gasteiger partial charge on any atom is 0.0724 e. The highest BCUT2D eigenvalue weighted by molar-refractivity contribution is 6.28. The highest BCUT2D eigenvalue weighted by Gasteiger charge is 2.27. The number of pyridine rings is 1. The molecule has 4 heterocycles. The summed E-state index contributed by atoms with van der Waals surface area (Å²) in [5.74, 6) is 0. The minimum Gasteiger partial charge on any atom is -0.307 e. The normalized spacial score (nSPS) is 14.3. The number of aliphatic imine (C=N–C) groups is 1. The number of nitrogens with zero attached hydrogens (tertiary/aromatic N) is 4. The molecule has 0 aliphatic carbocycles. The second kappa shape index (κ2) is 11.5. The highest BCUT2D eigenvalue weighted by atomic mass is 15.0. The van der Waals surface area contributed by atoms with Crippen LogP contribution in [0.25, 0.3) is 98.3 Å². The van der Waals surface area contributed by atoms with E-state index < -0.39 is 0 Å². The molecule has 1 aliphatic heterocycles. The van der Waals surface area contributed by atoms with E-state index in [-0.39, 0.29) is 6.04 Å². The lowest BCUT2D eigenvalue weighted by molar-refractivity contribution is 0.732. The van der Waals surface area contributed by atoms with Gasteiger partial charge in [0.2, 0.25) is 0 Å². The van der Waals surface area contributed by atoms with Gasteiger partial charge in [-0.05, 0) is 69.8 Å². The van der Waals surface area contributed by atoms with Crippen molar-refractivity contribution in [3.05, 3.63) is 175 Å². The molecule has 0 radical (unpaired) electrons. The summed E-state index contributed by atoms with van der Waals surface area (Å²) >= 11 is 0. The van der Waals surface area contributed by atoms with Crippen molar-refractivity contribution in [2.24, 2.45) is 4.99 Å². The zero-order chi connectivity index (χ0) is 36.2. The fraction of sp³-hybridized carbons (Fsp3) is 0.0588. The topological polar surface area (TPSA) is 35.1 Å². The van der Waals surface area contributed by atoms with Crippen LogP contribution in [-0.4, -0.2) is 26.4 Å². The van der Waals surface area contributed by atoms with Crippen molar-refractivity contribution in [2.75, 3.05) is 0 Å². The smallest absolute Gasteiger partial charge is 0.0724 e. The number of aromatic nitrogens is 3. The van der Waals surface area contributed by atoms with Crippen molar-refractivity contribution in [3.63, 3.8) is 0 Å². The summed E-state index contributed by atoms with van der Waals surface area (Å²) in [5, 5.41) is 13.5. The molecule has 4 heteroatoms. The van der Waals surface area contributed by atoms with Gasteiger partial charge in [-0.1, -0.05) is 133 Å². The molecule has 1 aliphatic rings. The fourth-order valence-electron chi connectivity index (χ4n) is 9.75. The van der Waals surface area contributed by atoms with Crippen LogP contribution in [0.4, 0.5) is 0 Å². The van der Waals surface area contributed by atoms with E-state index in [0.717, 1.165) is 11.9 Å². The summed E-state index contributed by atoms with van der Waals surface area (Å²) in [5.41, 5.74) is 11.0. The van der Waals surface area contributed by atoms with Gasteiger partial charge in [0.15, 0.2) is 0 Å². The van der Waals surface area contributed by atoms with Crippen LogP contribution in [0, 0.1) is 0 Å². The lowest BCUT2D eigenvalue weighted by Gasteiger charge is -2.24. The van der Waals surface area contributed by atoms with Gasteiger partial charge in [-0.25, -0.2) is 0 Å². The van der Waals surface area contributed by atoms with Crippen LogP contribution in [-0.2, 0) is 6.42 Å². The molecule has 1 atom stereocenters. The molecule has 0 fully saturated rings. The first-order chi connectivity index (χ1) is 27.3. The van der Waals surface area contributed by atoms with Crippen molar-refractivity contribution in [1.29, 1.82) is 0 Å². The van der Waals surface area contributed by atoms with Gasteiger partial charge >= 0.3 is 0 Å². The molecule has 8 aromatic carbocycles. The SMILES string of the molecule is CC1Cc2c(n(-c3c4ccccc4c(-c4c5ccccc5c(-n5c6ccccc6c6ccncc65)c5ccccc45)c4ccccc34)c3ccccc23)C=N1. The van der Waals surface area contributed by atoms with Gasteiger partial charge in [0.25, 0.3) is 0 Å². The fourth-order valence-corrected chi connectivity index (χ4v) is 9.75. The van der Waals surface area contributed by atoms with Crippen molar-refractivity contribution >= 4 is 82.0 Å². The van der Waals surface area contributed by atoms with Crippen LogP contribution >= 0.6 is 0 Å². The van der Waals surface area contributed by atoms with Crippen LogP contribution in [0.2, 0.25) is 0 Å². The van der Waals surface area contributed by atoms with Gasteiger partial charge in [-0.3, -0.25) is 9.98 Å². The molecule has 0 saturated heterocycles.